The van der Waals surface area contributed by atoms with E-state index in [0.29, 0.717) is 5.92 Å². The van der Waals surface area contributed by atoms with Crippen LogP contribution < -0.4 is 19.1 Å². The number of hydrogen-bond acceptors (Lipinski definition) is 5. The van der Waals surface area contributed by atoms with Gasteiger partial charge >= 0.3 is 0 Å². The van der Waals surface area contributed by atoms with Gasteiger partial charge in [0.25, 0.3) is 0 Å². The monoisotopic (exact) mass is 514 g/mol. The van der Waals surface area contributed by atoms with Crippen LogP contribution in [0.1, 0.15) is 53.9 Å². The van der Waals surface area contributed by atoms with Gasteiger partial charge in [0.2, 0.25) is 0 Å². The fourth-order valence-corrected chi connectivity index (χ4v) is 5.98. The zero-order chi connectivity index (χ0) is 26.3. The summed E-state index contributed by atoms with van der Waals surface area (Å²) in [5.74, 6) is 3.28. The first-order valence-corrected chi connectivity index (χ1v) is 14.1. The quantitative estimate of drug-likeness (QED) is 0.309. The maximum Gasteiger partial charge on any atom is 0.120 e. The van der Waals surface area contributed by atoms with Crippen molar-refractivity contribution in [3.63, 3.8) is 0 Å². The van der Waals surface area contributed by atoms with Gasteiger partial charge in [-0.05, 0) is 104 Å². The maximum absolute atomic E-state index is 6.05. The molecule has 202 valence electrons. The number of aryl methyl sites for hydroxylation is 1. The molecule has 0 N–H and O–H groups in total. The number of piperidine rings is 1. The van der Waals surface area contributed by atoms with E-state index in [1.165, 1.54) is 60.3 Å². The van der Waals surface area contributed by atoms with Crippen molar-refractivity contribution >= 4 is 5.69 Å². The molecule has 0 amide bonds. The number of hydrogen-bond donors (Lipinski definition) is 0. The van der Waals surface area contributed by atoms with Crippen molar-refractivity contribution in [3.8, 4) is 17.2 Å². The summed E-state index contributed by atoms with van der Waals surface area (Å²) in [4.78, 5) is 4.87. The smallest absolute Gasteiger partial charge is 0.120 e. The molecule has 3 aromatic carbocycles. The minimum atomic E-state index is 0.481. The number of methoxy groups -OCH3 is 2. The van der Waals surface area contributed by atoms with Crippen molar-refractivity contribution in [1.82, 2.24) is 4.90 Å². The first kappa shape index (κ1) is 26.4. The molecule has 5 rings (SSSR count). The van der Waals surface area contributed by atoms with Gasteiger partial charge in [0.05, 0.1) is 14.2 Å². The average molecular weight is 515 g/mol. The van der Waals surface area contributed by atoms with E-state index in [1.54, 1.807) is 14.2 Å². The third kappa shape index (κ3) is 6.44. The Bertz CT molecular complexity index is 1190. The summed E-state index contributed by atoms with van der Waals surface area (Å²) < 4.78 is 17.1. The van der Waals surface area contributed by atoms with E-state index in [-0.39, 0.29) is 0 Å². The van der Waals surface area contributed by atoms with Gasteiger partial charge in [-0.25, -0.2) is 0 Å². The lowest BCUT2D eigenvalue weighted by Gasteiger charge is -2.30. The number of rotatable bonds is 10. The van der Waals surface area contributed by atoms with Crippen LogP contribution in [0, 0.1) is 0 Å². The summed E-state index contributed by atoms with van der Waals surface area (Å²) in [5, 5.41) is 0. The standard InChI is InChI=1S/C33H42N2O3/c1-34(24-25-7-12-29(13-8-25)38-20-19-35-17-5-4-6-18-35)33-23-31(37-3)15-16-32(33)28-10-9-27-22-30(36-2)14-11-26(27)21-28/h7-8,11-16,22-23,28H,4-6,9-10,17-21,24H2,1-3H3. The van der Waals surface area contributed by atoms with E-state index in [0.717, 1.165) is 56.2 Å². The summed E-state index contributed by atoms with van der Waals surface area (Å²) in [7, 11) is 5.67. The Morgan fingerprint density at radius 1 is 0.816 bits per heavy atom. The minimum Gasteiger partial charge on any atom is -0.497 e. The molecule has 1 fully saturated rings. The van der Waals surface area contributed by atoms with Crippen LogP contribution in [0.2, 0.25) is 0 Å². The molecule has 0 bridgehead atoms. The third-order valence-electron chi connectivity index (χ3n) is 8.20. The molecule has 0 saturated carbocycles. The molecule has 1 unspecified atom stereocenters. The van der Waals surface area contributed by atoms with Gasteiger partial charge in [0.15, 0.2) is 0 Å². The Balaban J connectivity index is 1.24. The van der Waals surface area contributed by atoms with Crippen LogP contribution in [-0.4, -0.2) is 52.4 Å². The Labute approximate surface area is 228 Å². The highest BCUT2D eigenvalue weighted by Crippen LogP contribution is 2.40. The van der Waals surface area contributed by atoms with Crippen LogP contribution in [0.3, 0.4) is 0 Å². The van der Waals surface area contributed by atoms with Crippen molar-refractivity contribution in [2.75, 3.05) is 52.4 Å². The van der Waals surface area contributed by atoms with E-state index in [9.17, 15) is 0 Å². The molecule has 0 aromatic heterocycles. The van der Waals surface area contributed by atoms with Gasteiger partial charge in [0, 0.05) is 31.9 Å². The molecule has 1 aliphatic heterocycles. The molecule has 5 heteroatoms. The van der Waals surface area contributed by atoms with Gasteiger partial charge in [-0.1, -0.05) is 30.7 Å². The molecule has 1 atom stereocenters. The molecule has 2 aliphatic rings. The van der Waals surface area contributed by atoms with E-state index in [4.69, 9.17) is 14.2 Å². The Morgan fingerprint density at radius 2 is 1.53 bits per heavy atom. The third-order valence-corrected chi connectivity index (χ3v) is 8.20. The summed E-state index contributed by atoms with van der Waals surface area (Å²) in [6.45, 7) is 5.02. The molecule has 0 spiro atoms. The number of benzene rings is 3. The first-order chi connectivity index (χ1) is 18.6. The second-order valence-corrected chi connectivity index (χ2v) is 10.7. The van der Waals surface area contributed by atoms with Gasteiger partial charge in [-0.15, -0.1) is 0 Å². The number of ether oxygens (including phenoxy) is 3. The maximum atomic E-state index is 6.05. The van der Waals surface area contributed by atoms with Gasteiger partial charge in [-0.3, -0.25) is 4.90 Å². The first-order valence-electron chi connectivity index (χ1n) is 14.1. The average Bonchev–Trinajstić information content (AvgIpc) is 2.97. The Kier molecular flexibility index (Phi) is 8.75. The molecular formula is C33H42N2O3. The second kappa shape index (κ2) is 12.6. The van der Waals surface area contributed by atoms with Crippen LogP contribution in [0.4, 0.5) is 5.69 Å². The number of likely N-dealkylation sites (tertiary alicyclic amines) is 1. The van der Waals surface area contributed by atoms with Crippen molar-refractivity contribution < 1.29 is 14.2 Å². The lowest BCUT2D eigenvalue weighted by Crippen LogP contribution is -2.33. The van der Waals surface area contributed by atoms with Crippen molar-refractivity contribution in [2.24, 2.45) is 0 Å². The summed E-state index contributed by atoms with van der Waals surface area (Å²) in [6.07, 6.45) is 7.27. The van der Waals surface area contributed by atoms with Crippen molar-refractivity contribution in [1.29, 1.82) is 0 Å². The SMILES string of the molecule is COc1ccc2c(c1)CCC(c1ccc(OC)cc1N(C)Cc1ccc(OCCN3CCCCC3)cc1)C2. The predicted octanol–water partition coefficient (Wildman–Crippen LogP) is 6.48. The van der Waals surface area contributed by atoms with E-state index < -0.39 is 0 Å². The zero-order valence-corrected chi connectivity index (χ0v) is 23.2. The van der Waals surface area contributed by atoms with Crippen LogP contribution in [0.15, 0.2) is 60.7 Å². The van der Waals surface area contributed by atoms with E-state index in [2.05, 4.69) is 77.5 Å². The molecular weight excluding hydrogens is 472 g/mol. The summed E-state index contributed by atoms with van der Waals surface area (Å²) in [6, 6.07) is 21.7. The van der Waals surface area contributed by atoms with Gasteiger partial charge < -0.3 is 19.1 Å². The molecule has 3 aromatic rings. The molecule has 0 radical (unpaired) electrons. The topological polar surface area (TPSA) is 34.2 Å². The normalized spacial score (nSPS) is 17.5. The highest BCUT2D eigenvalue weighted by molar-refractivity contribution is 5.59. The molecule has 5 nitrogen and oxygen atoms in total. The lowest BCUT2D eigenvalue weighted by atomic mass is 9.79. The van der Waals surface area contributed by atoms with Crippen LogP contribution >= 0.6 is 0 Å². The number of anilines is 1. The van der Waals surface area contributed by atoms with Gasteiger partial charge in [-0.2, -0.15) is 0 Å². The summed E-state index contributed by atoms with van der Waals surface area (Å²) in [5.41, 5.74) is 6.76. The van der Waals surface area contributed by atoms with Crippen LogP contribution in [0.5, 0.6) is 17.2 Å². The highest BCUT2D eigenvalue weighted by atomic mass is 16.5. The largest absolute Gasteiger partial charge is 0.497 e. The van der Waals surface area contributed by atoms with E-state index in [1.807, 2.05) is 0 Å². The molecule has 38 heavy (non-hydrogen) atoms. The number of nitrogens with zero attached hydrogens (tertiary/aromatic N) is 2. The zero-order valence-electron chi connectivity index (χ0n) is 23.2. The fourth-order valence-electron chi connectivity index (χ4n) is 5.98. The number of fused-ring (bicyclic) bond motifs is 1. The van der Waals surface area contributed by atoms with Crippen molar-refractivity contribution in [3.05, 3.63) is 82.9 Å². The van der Waals surface area contributed by atoms with Gasteiger partial charge in [0.1, 0.15) is 23.9 Å². The summed E-state index contributed by atoms with van der Waals surface area (Å²) >= 11 is 0. The Morgan fingerprint density at radius 3 is 2.29 bits per heavy atom. The molecule has 1 saturated heterocycles. The van der Waals surface area contributed by atoms with E-state index >= 15 is 0 Å². The van der Waals surface area contributed by atoms with Crippen LogP contribution in [-0.2, 0) is 19.4 Å². The highest BCUT2D eigenvalue weighted by Gasteiger charge is 2.24. The molecule has 1 heterocycles. The Hall–Kier alpha value is -3.18. The predicted molar refractivity (Wildman–Crippen MR) is 155 cm³/mol. The fraction of sp³-hybridized carbons (Fsp3) is 0.455. The van der Waals surface area contributed by atoms with Crippen LogP contribution in [0.25, 0.3) is 0 Å². The second-order valence-electron chi connectivity index (χ2n) is 10.7. The minimum absolute atomic E-state index is 0.481. The molecule has 1 aliphatic carbocycles. The lowest BCUT2D eigenvalue weighted by molar-refractivity contribution is 0.183. The van der Waals surface area contributed by atoms with Crippen molar-refractivity contribution in [2.45, 2.75) is 51.0 Å².